The summed E-state index contributed by atoms with van der Waals surface area (Å²) in [4.78, 5) is 38.8. The molecule has 1 saturated heterocycles. The topological polar surface area (TPSA) is 70.2 Å². The molecule has 1 atom stereocenters. The lowest BCUT2D eigenvalue weighted by Gasteiger charge is -2.23. The van der Waals surface area contributed by atoms with Gasteiger partial charge in [-0.15, -0.1) is 0 Å². The summed E-state index contributed by atoms with van der Waals surface area (Å²) in [6.45, 7) is 2.19. The lowest BCUT2D eigenvalue weighted by Crippen LogP contribution is -2.37. The first-order valence-corrected chi connectivity index (χ1v) is 6.07. The maximum absolute atomic E-state index is 12.3. The third-order valence-corrected chi connectivity index (χ3v) is 3.18. The predicted octanol–water partition coefficient (Wildman–Crippen LogP) is 0.959. The monoisotopic (exact) mass is 248 g/mol. The Bertz CT molecular complexity index is 521. The van der Waals surface area contributed by atoms with E-state index in [-0.39, 0.29) is 23.3 Å². The molecule has 1 aliphatic heterocycles. The van der Waals surface area contributed by atoms with E-state index < -0.39 is 0 Å². The van der Waals surface area contributed by atoms with Crippen LogP contribution in [0.3, 0.4) is 0 Å². The molecule has 96 valence electrons. The molecule has 0 saturated carbocycles. The molecule has 1 aliphatic rings. The molecule has 0 aromatic carbocycles. The van der Waals surface area contributed by atoms with Crippen LogP contribution in [-0.4, -0.2) is 34.2 Å². The number of nitrogens with one attached hydrogen (secondary N) is 1. The van der Waals surface area contributed by atoms with Crippen molar-refractivity contribution in [1.82, 2.24) is 9.88 Å². The van der Waals surface area contributed by atoms with Gasteiger partial charge in [-0.2, -0.15) is 0 Å². The van der Waals surface area contributed by atoms with E-state index in [0.29, 0.717) is 18.5 Å². The standard InChI is InChI=1S/C13H16N2O3/c1-9(16)7-11-3-2-6-15(11)13(18)10-4-5-14-12(17)8-10/h4-5,8,11H,2-3,6-7H2,1H3,(H,14,17). The minimum atomic E-state index is -0.289. The molecule has 0 spiro atoms. The largest absolute Gasteiger partial charge is 0.335 e. The Morgan fingerprint density at radius 1 is 1.50 bits per heavy atom. The zero-order valence-electron chi connectivity index (χ0n) is 10.3. The van der Waals surface area contributed by atoms with E-state index in [4.69, 9.17) is 0 Å². The maximum Gasteiger partial charge on any atom is 0.254 e. The van der Waals surface area contributed by atoms with E-state index in [2.05, 4.69) is 4.98 Å². The molecule has 1 unspecified atom stereocenters. The van der Waals surface area contributed by atoms with Crippen molar-refractivity contribution in [3.8, 4) is 0 Å². The van der Waals surface area contributed by atoms with E-state index in [1.54, 1.807) is 11.0 Å². The number of hydrogen-bond acceptors (Lipinski definition) is 3. The summed E-state index contributed by atoms with van der Waals surface area (Å²) in [6.07, 6.45) is 3.63. The number of pyridine rings is 1. The van der Waals surface area contributed by atoms with E-state index in [9.17, 15) is 14.4 Å². The fourth-order valence-electron chi connectivity index (χ4n) is 2.39. The van der Waals surface area contributed by atoms with Crippen molar-refractivity contribution in [1.29, 1.82) is 0 Å². The zero-order chi connectivity index (χ0) is 13.1. The average Bonchev–Trinajstić information content (AvgIpc) is 2.75. The molecule has 0 bridgehead atoms. The number of carbonyl (C=O) groups is 2. The molecule has 2 rings (SSSR count). The summed E-state index contributed by atoms with van der Waals surface area (Å²) in [5.41, 5.74) is 0.0948. The summed E-state index contributed by atoms with van der Waals surface area (Å²) >= 11 is 0. The highest BCUT2D eigenvalue weighted by molar-refractivity contribution is 5.94. The van der Waals surface area contributed by atoms with Crippen LogP contribution in [0.4, 0.5) is 0 Å². The van der Waals surface area contributed by atoms with Crippen molar-refractivity contribution in [2.24, 2.45) is 0 Å². The number of rotatable bonds is 3. The highest BCUT2D eigenvalue weighted by atomic mass is 16.2. The summed E-state index contributed by atoms with van der Waals surface area (Å²) in [5, 5.41) is 0. The van der Waals surface area contributed by atoms with Crippen molar-refractivity contribution in [2.45, 2.75) is 32.2 Å². The number of ketones is 1. The van der Waals surface area contributed by atoms with Gasteiger partial charge >= 0.3 is 0 Å². The maximum atomic E-state index is 12.3. The number of hydrogen-bond donors (Lipinski definition) is 1. The van der Waals surface area contributed by atoms with Crippen molar-refractivity contribution < 1.29 is 9.59 Å². The number of H-pyrrole nitrogens is 1. The van der Waals surface area contributed by atoms with E-state index in [1.165, 1.54) is 19.2 Å². The van der Waals surface area contributed by atoms with Gasteiger partial charge in [-0.1, -0.05) is 0 Å². The first kappa shape index (κ1) is 12.5. The summed E-state index contributed by atoms with van der Waals surface area (Å²) in [6, 6.07) is 2.87. The smallest absolute Gasteiger partial charge is 0.254 e. The molecule has 2 heterocycles. The molecule has 5 heteroatoms. The molecule has 5 nitrogen and oxygen atoms in total. The van der Waals surface area contributed by atoms with Crippen molar-refractivity contribution in [3.05, 3.63) is 34.2 Å². The van der Waals surface area contributed by atoms with E-state index in [0.717, 1.165) is 12.8 Å². The van der Waals surface area contributed by atoms with Crippen LogP contribution < -0.4 is 5.56 Å². The van der Waals surface area contributed by atoms with Gasteiger partial charge in [0.1, 0.15) is 5.78 Å². The molecule has 18 heavy (non-hydrogen) atoms. The minimum absolute atomic E-state index is 0.0192. The molecular weight excluding hydrogens is 232 g/mol. The Morgan fingerprint density at radius 2 is 2.28 bits per heavy atom. The van der Waals surface area contributed by atoms with Gasteiger partial charge in [-0.05, 0) is 25.8 Å². The molecule has 1 amide bonds. The van der Waals surface area contributed by atoms with Gasteiger partial charge in [0.05, 0.1) is 0 Å². The number of aromatic amines is 1. The molecule has 0 aliphatic carbocycles. The normalized spacial score (nSPS) is 18.9. The van der Waals surface area contributed by atoms with Crippen LogP contribution in [0.5, 0.6) is 0 Å². The molecular formula is C13H16N2O3. The second-order valence-corrected chi connectivity index (χ2v) is 4.64. The van der Waals surface area contributed by atoms with Crippen LogP contribution in [0.1, 0.15) is 36.5 Å². The summed E-state index contributed by atoms with van der Waals surface area (Å²) in [7, 11) is 0. The van der Waals surface area contributed by atoms with Crippen LogP contribution in [0.15, 0.2) is 23.1 Å². The van der Waals surface area contributed by atoms with Gasteiger partial charge in [-0.3, -0.25) is 14.4 Å². The van der Waals surface area contributed by atoms with Gasteiger partial charge in [0.2, 0.25) is 5.56 Å². The Balaban J connectivity index is 2.17. The number of aromatic nitrogens is 1. The zero-order valence-corrected chi connectivity index (χ0v) is 10.3. The fourth-order valence-corrected chi connectivity index (χ4v) is 2.39. The molecule has 1 N–H and O–H groups in total. The van der Waals surface area contributed by atoms with Gasteiger partial charge in [0, 0.05) is 36.8 Å². The van der Waals surface area contributed by atoms with Crippen molar-refractivity contribution >= 4 is 11.7 Å². The van der Waals surface area contributed by atoms with Crippen molar-refractivity contribution in [3.63, 3.8) is 0 Å². The lowest BCUT2D eigenvalue weighted by atomic mass is 10.1. The Kier molecular flexibility index (Phi) is 3.60. The average molecular weight is 248 g/mol. The Morgan fingerprint density at radius 3 is 2.94 bits per heavy atom. The first-order valence-electron chi connectivity index (χ1n) is 6.07. The minimum Gasteiger partial charge on any atom is -0.335 e. The number of Topliss-reactive ketones (excluding diaryl/α,β-unsaturated/α-hetero) is 1. The molecule has 0 radical (unpaired) electrons. The lowest BCUT2D eigenvalue weighted by molar-refractivity contribution is -0.117. The number of likely N-dealkylation sites (tertiary alicyclic amines) is 1. The van der Waals surface area contributed by atoms with Crippen LogP contribution in [0.2, 0.25) is 0 Å². The van der Waals surface area contributed by atoms with Gasteiger partial charge in [0.25, 0.3) is 5.91 Å². The summed E-state index contributed by atoms with van der Waals surface area (Å²) in [5.74, 6) is -0.0736. The number of carbonyl (C=O) groups excluding carboxylic acids is 2. The van der Waals surface area contributed by atoms with Crippen LogP contribution >= 0.6 is 0 Å². The van der Waals surface area contributed by atoms with Gasteiger partial charge in [0.15, 0.2) is 0 Å². The second-order valence-electron chi connectivity index (χ2n) is 4.64. The van der Waals surface area contributed by atoms with Crippen LogP contribution in [0.25, 0.3) is 0 Å². The van der Waals surface area contributed by atoms with Crippen LogP contribution in [-0.2, 0) is 4.79 Å². The van der Waals surface area contributed by atoms with Crippen molar-refractivity contribution in [2.75, 3.05) is 6.54 Å². The first-order chi connectivity index (χ1) is 8.58. The molecule has 1 aromatic rings. The van der Waals surface area contributed by atoms with E-state index >= 15 is 0 Å². The Hall–Kier alpha value is -1.91. The third-order valence-electron chi connectivity index (χ3n) is 3.18. The highest BCUT2D eigenvalue weighted by Crippen LogP contribution is 2.22. The third kappa shape index (κ3) is 2.67. The second kappa shape index (κ2) is 5.16. The number of amides is 1. The molecule has 1 aromatic heterocycles. The Labute approximate surface area is 105 Å². The fraction of sp³-hybridized carbons (Fsp3) is 0.462. The highest BCUT2D eigenvalue weighted by Gasteiger charge is 2.30. The van der Waals surface area contributed by atoms with Gasteiger partial charge < -0.3 is 9.88 Å². The quantitative estimate of drug-likeness (QED) is 0.866. The van der Waals surface area contributed by atoms with E-state index in [1.807, 2.05) is 0 Å². The summed E-state index contributed by atoms with van der Waals surface area (Å²) < 4.78 is 0. The predicted molar refractivity (Wildman–Crippen MR) is 66.4 cm³/mol. The van der Waals surface area contributed by atoms with Crippen LogP contribution in [0, 0.1) is 0 Å². The molecule has 1 fully saturated rings. The van der Waals surface area contributed by atoms with Gasteiger partial charge in [-0.25, -0.2) is 0 Å². The SMILES string of the molecule is CC(=O)CC1CCCN1C(=O)c1cc[nH]c(=O)c1. The number of nitrogens with zero attached hydrogens (tertiary/aromatic N) is 1.